The van der Waals surface area contributed by atoms with Gasteiger partial charge < -0.3 is 5.73 Å². The van der Waals surface area contributed by atoms with Gasteiger partial charge in [0, 0.05) is 10.8 Å². The van der Waals surface area contributed by atoms with Gasteiger partial charge in [-0.15, -0.1) is 0 Å². The highest BCUT2D eigenvalue weighted by Gasteiger charge is 2.37. The van der Waals surface area contributed by atoms with Crippen LogP contribution >= 0.6 is 11.8 Å². The highest BCUT2D eigenvalue weighted by Crippen LogP contribution is 2.46. The van der Waals surface area contributed by atoms with E-state index in [2.05, 4.69) is 49.4 Å². The maximum atomic E-state index is 6.58. The maximum Gasteiger partial charge on any atom is 0.0447 e. The van der Waals surface area contributed by atoms with Crippen LogP contribution < -0.4 is 5.73 Å². The Hall–Kier alpha value is -0.990. The molecule has 0 aromatic heterocycles. The minimum absolute atomic E-state index is 0.121. The first-order chi connectivity index (χ1) is 8.71. The van der Waals surface area contributed by atoms with Crippen molar-refractivity contribution in [2.24, 2.45) is 5.73 Å². The number of thioether (sulfide) groups is 1. The third kappa shape index (κ3) is 1.94. The van der Waals surface area contributed by atoms with Crippen molar-refractivity contribution in [1.29, 1.82) is 0 Å². The second-order valence-electron chi connectivity index (χ2n) is 5.31. The highest BCUT2D eigenvalue weighted by molar-refractivity contribution is 8.00. The second kappa shape index (κ2) is 4.60. The molecule has 2 unspecified atom stereocenters. The van der Waals surface area contributed by atoms with Crippen LogP contribution in [0.5, 0.6) is 0 Å². The van der Waals surface area contributed by atoms with E-state index in [1.807, 2.05) is 11.8 Å². The van der Waals surface area contributed by atoms with Crippen LogP contribution in [-0.2, 0) is 0 Å². The topological polar surface area (TPSA) is 26.0 Å². The van der Waals surface area contributed by atoms with E-state index in [1.165, 1.54) is 34.9 Å². The van der Waals surface area contributed by atoms with E-state index in [4.69, 9.17) is 5.73 Å². The van der Waals surface area contributed by atoms with Gasteiger partial charge in [0.15, 0.2) is 0 Å². The highest BCUT2D eigenvalue weighted by atomic mass is 32.2. The summed E-state index contributed by atoms with van der Waals surface area (Å²) < 4.78 is 0.199. The summed E-state index contributed by atoms with van der Waals surface area (Å²) in [5, 5.41) is 2.60. The molecular formula is C16H19NS. The minimum atomic E-state index is 0.121. The van der Waals surface area contributed by atoms with Crippen LogP contribution in [0.15, 0.2) is 42.5 Å². The molecule has 1 heterocycles. The molecule has 2 N–H and O–H groups in total. The molecule has 3 rings (SSSR count). The number of hydrogen-bond acceptors (Lipinski definition) is 2. The average molecular weight is 257 g/mol. The quantitative estimate of drug-likeness (QED) is 0.875. The van der Waals surface area contributed by atoms with Crippen molar-refractivity contribution >= 4 is 22.5 Å². The Morgan fingerprint density at radius 1 is 1.17 bits per heavy atom. The van der Waals surface area contributed by atoms with E-state index in [9.17, 15) is 0 Å². The molecule has 1 saturated heterocycles. The number of rotatable bonds is 2. The van der Waals surface area contributed by atoms with Gasteiger partial charge in [-0.2, -0.15) is 11.8 Å². The molecule has 18 heavy (non-hydrogen) atoms. The van der Waals surface area contributed by atoms with Crippen LogP contribution in [0, 0.1) is 0 Å². The van der Waals surface area contributed by atoms with E-state index in [0.29, 0.717) is 0 Å². The second-order valence-corrected chi connectivity index (χ2v) is 6.94. The predicted molar refractivity (Wildman–Crippen MR) is 81.0 cm³/mol. The summed E-state index contributed by atoms with van der Waals surface area (Å²) in [6.45, 7) is 2.32. The van der Waals surface area contributed by atoms with Crippen molar-refractivity contribution in [1.82, 2.24) is 0 Å². The molecule has 1 aliphatic heterocycles. The van der Waals surface area contributed by atoms with Crippen LogP contribution in [0.3, 0.4) is 0 Å². The fraction of sp³-hybridized carbons (Fsp3) is 0.375. The normalized spacial score (nSPS) is 25.4. The Morgan fingerprint density at radius 3 is 2.72 bits per heavy atom. The Labute approximate surface area is 113 Å². The SMILES string of the molecule is CC1(C(N)c2cccc3ccccc23)CCCS1. The zero-order valence-electron chi connectivity index (χ0n) is 10.7. The van der Waals surface area contributed by atoms with Crippen molar-refractivity contribution in [2.45, 2.75) is 30.6 Å². The summed E-state index contributed by atoms with van der Waals surface area (Å²) in [4.78, 5) is 0. The summed E-state index contributed by atoms with van der Waals surface area (Å²) >= 11 is 2.03. The van der Waals surface area contributed by atoms with Gasteiger partial charge >= 0.3 is 0 Å². The zero-order chi connectivity index (χ0) is 12.6. The van der Waals surface area contributed by atoms with Gasteiger partial charge in [-0.25, -0.2) is 0 Å². The van der Waals surface area contributed by atoms with Gasteiger partial charge in [-0.05, 0) is 41.9 Å². The number of hydrogen-bond donors (Lipinski definition) is 1. The standard InChI is InChI=1S/C16H19NS/c1-16(10-5-11-18-16)15(17)14-9-4-7-12-6-2-3-8-13(12)14/h2-4,6-9,15H,5,10-11,17H2,1H3. The first-order valence-electron chi connectivity index (χ1n) is 6.58. The van der Waals surface area contributed by atoms with Crippen molar-refractivity contribution in [3.8, 4) is 0 Å². The largest absolute Gasteiger partial charge is 0.323 e. The molecule has 0 radical (unpaired) electrons. The first-order valence-corrected chi connectivity index (χ1v) is 7.56. The molecule has 0 amide bonds. The third-order valence-corrected chi connectivity index (χ3v) is 5.68. The van der Waals surface area contributed by atoms with Crippen LogP contribution in [0.2, 0.25) is 0 Å². The molecule has 1 nitrogen and oxygen atoms in total. The van der Waals surface area contributed by atoms with Crippen LogP contribution in [0.4, 0.5) is 0 Å². The van der Waals surface area contributed by atoms with Crippen molar-refractivity contribution in [3.63, 3.8) is 0 Å². The lowest BCUT2D eigenvalue weighted by Gasteiger charge is -2.31. The lowest BCUT2D eigenvalue weighted by molar-refractivity contribution is 0.504. The zero-order valence-corrected chi connectivity index (χ0v) is 11.5. The van der Waals surface area contributed by atoms with Gasteiger partial charge in [0.2, 0.25) is 0 Å². The summed E-state index contributed by atoms with van der Waals surface area (Å²) in [5.41, 5.74) is 7.88. The maximum absolute atomic E-state index is 6.58. The van der Waals surface area contributed by atoms with E-state index in [1.54, 1.807) is 0 Å². The van der Waals surface area contributed by atoms with E-state index in [0.717, 1.165) is 0 Å². The molecule has 2 heteroatoms. The third-order valence-electron chi connectivity index (χ3n) is 4.07. The first kappa shape index (κ1) is 12.1. The van der Waals surface area contributed by atoms with Gasteiger partial charge in [0.05, 0.1) is 0 Å². The minimum Gasteiger partial charge on any atom is -0.323 e. The van der Waals surface area contributed by atoms with Crippen molar-refractivity contribution in [2.75, 3.05) is 5.75 Å². The van der Waals surface area contributed by atoms with Crippen LogP contribution in [0.1, 0.15) is 31.4 Å². The molecule has 94 valence electrons. The van der Waals surface area contributed by atoms with E-state index in [-0.39, 0.29) is 10.8 Å². The lowest BCUT2D eigenvalue weighted by atomic mass is 9.88. The molecule has 0 saturated carbocycles. The molecule has 0 bridgehead atoms. The Bertz CT molecular complexity index is 553. The number of nitrogens with two attached hydrogens (primary N) is 1. The Balaban J connectivity index is 2.08. The van der Waals surface area contributed by atoms with Gasteiger partial charge in [0.25, 0.3) is 0 Å². The Kier molecular flexibility index (Phi) is 3.08. The molecule has 1 aliphatic rings. The van der Waals surface area contributed by atoms with Gasteiger partial charge in [-0.3, -0.25) is 0 Å². The fourth-order valence-electron chi connectivity index (χ4n) is 2.90. The van der Waals surface area contributed by atoms with Crippen molar-refractivity contribution < 1.29 is 0 Å². The van der Waals surface area contributed by atoms with Gasteiger partial charge in [-0.1, -0.05) is 42.5 Å². The van der Waals surface area contributed by atoms with Crippen molar-refractivity contribution in [3.05, 3.63) is 48.0 Å². The lowest BCUT2D eigenvalue weighted by Crippen LogP contribution is -2.33. The average Bonchev–Trinajstić information content (AvgIpc) is 2.85. The predicted octanol–water partition coefficient (Wildman–Crippen LogP) is 4.13. The molecule has 1 fully saturated rings. The summed E-state index contributed by atoms with van der Waals surface area (Å²) in [5.74, 6) is 1.25. The molecule has 0 aliphatic carbocycles. The van der Waals surface area contributed by atoms with E-state index >= 15 is 0 Å². The molecule has 2 atom stereocenters. The number of fused-ring (bicyclic) bond motifs is 1. The number of benzene rings is 2. The van der Waals surface area contributed by atoms with Gasteiger partial charge in [0.1, 0.15) is 0 Å². The fourth-order valence-corrected chi connectivity index (χ4v) is 4.25. The molecule has 2 aromatic carbocycles. The van der Waals surface area contributed by atoms with E-state index < -0.39 is 0 Å². The summed E-state index contributed by atoms with van der Waals surface area (Å²) in [6.07, 6.45) is 2.52. The molecule has 2 aromatic rings. The smallest absolute Gasteiger partial charge is 0.0447 e. The molecular weight excluding hydrogens is 238 g/mol. The molecule has 0 spiro atoms. The summed E-state index contributed by atoms with van der Waals surface area (Å²) in [7, 11) is 0. The van der Waals surface area contributed by atoms with Crippen LogP contribution in [0.25, 0.3) is 10.8 Å². The monoisotopic (exact) mass is 257 g/mol. The summed E-state index contributed by atoms with van der Waals surface area (Å²) in [6, 6.07) is 15.1. The van der Waals surface area contributed by atoms with Crippen LogP contribution in [-0.4, -0.2) is 10.5 Å². The Morgan fingerprint density at radius 2 is 1.94 bits per heavy atom.